The second-order valence-corrected chi connectivity index (χ2v) is 4.99. The van der Waals surface area contributed by atoms with Crippen molar-refractivity contribution in [3.8, 4) is 0 Å². The molecular formula is C15H23Cl. The summed E-state index contributed by atoms with van der Waals surface area (Å²) in [6.45, 7) is 6.68. The average molecular weight is 239 g/mol. The molecule has 0 saturated carbocycles. The van der Waals surface area contributed by atoms with Crippen LogP contribution in [0.1, 0.15) is 37.8 Å². The van der Waals surface area contributed by atoms with E-state index in [1.54, 1.807) is 0 Å². The lowest BCUT2D eigenvalue weighted by atomic mass is 9.84. The Balaban J connectivity index is 2.69. The molecule has 0 radical (unpaired) electrons. The Morgan fingerprint density at radius 3 is 2.31 bits per heavy atom. The lowest BCUT2D eigenvalue weighted by Crippen LogP contribution is -2.17. The van der Waals surface area contributed by atoms with E-state index in [2.05, 4.69) is 45.0 Å². The fraction of sp³-hybridized carbons (Fsp3) is 0.600. The molecule has 0 heterocycles. The zero-order valence-electron chi connectivity index (χ0n) is 10.7. The molecule has 1 aromatic carbocycles. The first-order valence-electron chi connectivity index (χ1n) is 6.32. The van der Waals surface area contributed by atoms with E-state index < -0.39 is 0 Å². The Labute approximate surface area is 105 Å². The highest BCUT2D eigenvalue weighted by Gasteiger charge is 2.17. The van der Waals surface area contributed by atoms with E-state index in [0.717, 1.165) is 18.2 Å². The first-order chi connectivity index (χ1) is 7.71. The standard InChI is InChI=1S/C15H23Cl/c1-4-14(5-2)15(11-16)10-13-8-6-7-12(3)9-13/h6-9,14-15H,4-5,10-11H2,1-3H3. The molecule has 0 aliphatic rings. The number of aryl methyl sites for hydroxylation is 1. The first-order valence-corrected chi connectivity index (χ1v) is 6.86. The summed E-state index contributed by atoms with van der Waals surface area (Å²) >= 11 is 6.11. The van der Waals surface area contributed by atoms with Gasteiger partial charge in [-0.3, -0.25) is 0 Å². The first kappa shape index (κ1) is 13.6. The SMILES string of the molecule is CCC(CC)C(CCl)Cc1cccc(C)c1. The zero-order valence-corrected chi connectivity index (χ0v) is 11.4. The third-order valence-electron chi connectivity index (χ3n) is 3.49. The second-order valence-electron chi connectivity index (χ2n) is 4.68. The third kappa shape index (κ3) is 3.83. The van der Waals surface area contributed by atoms with Gasteiger partial charge in [-0.25, -0.2) is 0 Å². The molecule has 1 unspecified atom stereocenters. The van der Waals surface area contributed by atoms with E-state index in [-0.39, 0.29) is 0 Å². The number of halogens is 1. The van der Waals surface area contributed by atoms with Gasteiger partial charge >= 0.3 is 0 Å². The van der Waals surface area contributed by atoms with E-state index in [9.17, 15) is 0 Å². The molecule has 16 heavy (non-hydrogen) atoms. The predicted octanol–water partition coefficient (Wildman–Crippen LogP) is 4.83. The Bertz CT molecular complexity index is 302. The van der Waals surface area contributed by atoms with E-state index >= 15 is 0 Å². The third-order valence-corrected chi connectivity index (χ3v) is 3.89. The van der Waals surface area contributed by atoms with Gasteiger partial charge in [0, 0.05) is 5.88 Å². The number of hydrogen-bond donors (Lipinski definition) is 0. The normalized spacial score (nSPS) is 13.1. The van der Waals surface area contributed by atoms with Gasteiger partial charge in [0.05, 0.1) is 0 Å². The van der Waals surface area contributed by atoms with Crippen molar-refractivity contribution in [2.24, 2.45) is 11.8 Å². The van der Waals surface area contributed by atoms with Crippen molar-refractivity contribution in [1.29, 1.82) is 0 Å². The number of benzene rings is 1. The van der Waals surface area contributed by atoms with Crippen LogP contribution in [-0.2, 0) is 6.42 Å². The molecular weight excluding hydrogens is 216 g/mol. The minimum Gasteiger partial charge on any atom is -0.126 e. The van der Waals surface area contributed by atoms with Crippen LogP contribution in [0.3, 0.4) is 0 Å². The van der Waals surface area contributed by atoms with Gasteiger partial charge in [-0.1, -0.05) is 56.5 Å². The van der Waals surface area contributed by atoms with Gasteiger partial charge < -0.3 is 0 Å². The molecule has 0 bridgehead atoms. The summed E-state index contributed by atoms with van der Waals surface area (Å²) in [5.74, 6) is 2.16. The minimum absolute atomic E-state index is 0.624. The Morgan fingerprint density at radius 2 is 1.81 bits per heavy atom. The van der Waals surface area contributed by atoms with Crippen molar-refractivity contribution < 1.29 is 0 Å². The fourth-order valence-electron chi connectivity index (χ4n) is 2.44. The van der Waals surface area contributed by atoms with Crippen LogP contribution in [0.25, 0.3) is 0 Å². The largest absolute Gasteiger partial charge is 0.126 e. The van der Waals surface area contributed by atoms with Gasteiger partial charge in [0.1, 0.15) is 0 Å². The van der Waals surface area contributed by atoms with Crippen molar-refractivity contribution in [3.05, 3.63) is 35.4 Å². The van der Waals surface area contributed by atoms with Crippen LogP contribution in [0, 0.1) is 18.8 Å². The summed E-state index contributed by atoms with van der Waals surface area (Å²) in [6.07, 6.45) is 3.59. The molecule has 90 valence electrons. The molecule has 0 spiro atoms. The number of rotatable bonds is 6. The van der Waals surface area contributed by atoms with Gasteiger partial charge in [0.2, 0.25) is 0 Å². The molecule has 1 heteroatoms. The summed E-state index contributed by atoms with van der Waals surface area (Å²) < 4.78 is 0. The highest BCUT2D eigenvalue weighted by Crippen LogP contribution is 2.25. The quantitative estimate of drug-likeness (QED) is 0.623. The van der Waals surface area contributed by atoms with E-state index in [4.69, 9.17) is 11.6 Å². The lowest BCUT2D eigenvalue weighted by Gasteiger charge is -2.23. The molecule has 0 fully saturated rings. The second kappa shape index (κ2) is 6.96. The fourth-order valence-corrected chi connectivity index (χ4v) is 2.81. The summed E-state index contributed by atoms with van der Waals surface area (Å²) in [6, 6.07) is 8.79. The van der Waals surface area contributed by atoms with E-state index in [1.165, 1.54) is 24.0 Å². The minimum atomic E-state index is 0.624. The average Bonchev–Trinajstić information content (AvgIpc) is 2.29. The maximum atomic E-state index is 6.11. The Morgan fingerprint density at radius 1 is 1.12 bits per heavy atom. The molecule has 0 aliphatic heterocycles. The molecule has 0 saturated heterocycles. The van der Waals surface area contributed by atoms with Gasteiger partial charge in [-0.15, -0.1) is 11.6 Å². The number of alkyl halides is 1. The van der Waals surface area contributed by atoms with Crippen LogP contribution in [0.2, 0.25) is 0 Å². The Hall–Kier alpha value is -0.490. The molecule has 1 aromatic rings. The highest BCUT2D eigenvalue weighted by atomic mass is 35.5. The summed E-state index contributed by atoms with van der Waals surface area (Å²) in [5, 5.41) is 0. The monoisotopic (exact) mass is 238 g/mol. The van der Waals surface area contributed by atoms with E-state index in [1.807, 2.05) is 0 Å². The lowest BCUT2D eigenvalue weighted by molar-refractivity contribution is 0.339. The number of hydrogen-bond acceptors (Lipinski definition) is 0. The van der Waals surface area contributed by atoms with Gasteiger partial charge in [0.15, 0.2) is 0 Å². The summed E-state index contributed by atoms with van der Waals surface area (Å²) in [5.41, 5.74) is 2.77. The van der Waals surface area contributed by atoms with Crippen LogP contribution < -0.4 is 0 Å². The predicted molar refractivity (Wildman–Crippen MR) is 73.2 cm³/mol. The van der Waals surface area contributed by atoms with Crippen molar-refractivity contribution in [1.82, 2.24) is 0 Å². The smallest absolute Gasteiger partial charge is 0.0257 e. The molecule has 0 aromatic heterocycles. The molecule has 1 atom stereocenters. The Kier molecular flexibility index (Phi) is 5.90. The maximum Gasteiger partial charge on any atom is 0.0257 e. The maximum absolute atomic E-state index is 6.11. The van der Waals surface area contributed by atoms with E-state index in [0.29, 0.717) is 5.92 Å². The van der Waals surface area contributed by atoms with Crippen LogP contribution in [0.5, 0.6) is 0 Å². The van der Waals surface area contributed by atoms with Crippen molar-refractivity contribution in [2.45, 2.75) is 40.0 Å². The molecule has 0 aliphatic carbocycles. The van der Waals surface area contributed by atoms with Crippen LogP contribution in [0.4, 0.5) is 0 Å². The molecule has 0 nitrogen and oxygen atoms in total. The zero-order chi connectivity index (χ0) is 12.0. The molecule has 0 N–H and O–H groups in total. The summed E-state index contributed by atoms with van der Waals surface area (Å²) in [7, 11) is 0. The van der Waals surface area contributed by atoms with Crippen molar-refractivity contribution in [2.75, 3.05) is 5.88 Å². The summed E-state index contributed by atoms with van der Waals surface area (Å²) in [4.78, 5) is 0. The van der Waals surface area contributed by atoms with Gasteiger partial charge in [-0.05, 0) is 30.7 Å². The van der Waals surface area contributed by atoms with Gasteiger partial charge in [-0.2, -0.15) is 0 Å². The van der Waals surface area contributed by atoms with Gasteiger partial charge in [0.25, 0.3) is 0 Å². The van der Waals surface area contributed by atoms with Crippen molar-refractivity contribution in [3.63, 3.8) is 0 Å². The van der Waals surface area contributed by atoms with Crippen molar-refractivity contribution >= 4 is 11.6 Å². The van der Waals surface area contributed by atoms with Crippen LogP contribution in [-0.4, -0.2) is 5.88 Å². The molecule has 0 amide bonds. The van der Waals surface area contributed by atoms with Crippen LogP contribution >= 0.6 is 11.6 Å². The topological polar surface area (TPSA) is 0 Å². The van der Waals surface area contributed by atoms with Crippen LogP contribution in [0.15, 0.2) is 24.3 Å². The highest BCUT2D eigenvalue weighted by molar-refractivity contribution is 6.18. The molecule has 1 rings (SSSR count).